The van der Waals surface area contributed by atoms with E-state index in [1.807, 2.05) is 0 Å². The fourth-order valence-corrected chi connectivity index (χ4v) is 3.67. The van der Waals surface area contributed by atoms with E-state index >= 15 is 0 Å². The predicted molar refractivity (Wildman–Crippen MR) is 79.6 cm³/mol. The summed E-state index contributed by atoms with van der Waals surface area (Å²) in [6.07, 6.45) is 0. The van der Waals surface area contributed by atoms with Crippen LogP contribution >= 0.6 is 23.2 Å². The zero-order chi connectivity index (χ0) is 16.4. The number of carboxylic acid groups (broad SMARTS) is 1. The maximum atomic E-state index is 12.4. The Morgan fingerprint density at radius 3 is 2.43 bits per heavy atom. The Kier molecular flexibility index (Phi) is 5.86. The minimum atomic E-state index is -3.95. The third-order valence-electron chi connectivity index (χ3n) is 2.87. The maximum absolute atomic E-state index is 12.4. The van der Waals surface area contributed by atoms with Gasteiger partial charge in [-0.1, -0.05) is 30.1 Å². The number of hydrogen-bond acceptors (Lipinski definition) is 4. The molecular formula is C12H15Cl2NO5S. The molecule has 0 heterocycles. The number of nitrogens with zero attached hydrogens (tertiary/aromatic N) is 1. The van der Waals surface area contributed by atoms with E-state index in [1.54, 1.807) is 0 Å². The van der Waals surface area contributed by atoms with Gasteiger partial charge >= 0.3 is 5.97 Å². The van der Waals surface area contributed by atoms with Crippen LogP contribution in [0.1, 0.15) is 6.92 Å². The quantitative estimate of drug-likeness (QED) is 0.846. The summed E-state index contributed by atoms with van der Waals surface area (Å²) in [5.74, 6) is -1.68. The lowest BCUT2D eigenvalue weighted by Gasteiger charge is -2.20. The van der Waals surface area contributed by atoms with Crippen LogP contribution in [0.3, 0.4) is 0 Å². The monoisotopic (exact) mass is 355 g/mol. The molecule has 6 nitrogen and oxygen atoms in total. The van der Waals surface area contributed by atoms with Crippen LogP contribution in [0.25, 0.3) is 0 Å². The normalized spacial score (nSPS) is 13.2. The first kappa shape index (κ1) is 18.0. The number of ether oxygens (including phenoxy) is 1. The minimum Gasteiger partial charge on any atom is -0.495 e. The Bertz CT molecular complexity index is 647. The van der Waals surface area contributed by atoms with Crippen molar-refractivity contribution in [1.82, 2.24) is 4.31 Å². The molecule has 1 N–H and O–H groups in total. The van der Waals surface area contributed by atoms with Crippen molar-refractivity contribution in [2.45, 2.75) is 11.8 Å². The lowest BCUT2D eigenvalue weighted by molar-refractivity contribution is -0.141. The van der Waals surface area contributed by atoms with Crippen molar-refractivity contribution in [2.24, 2.45) is 5.92 Å². The van der Waals surface area contributed by atoms with Gasteiger partial charge in [0.15, 0.2) is 0 Å². The summed E-state index contributed by atoms with van der Waals surface area (Å²) in [5.41, 5.74) is 0. The Hall–Kier alpha value is -1.02. The summed E-state index contributed by atoms with van der Waals surface area (Å²) in [6, 6.07) is 2.65. The molecule has 0 aliphatic carbocycles. The van der Waals surface area contributed by atoms with Gasteiger partial charge in [-0.25, -0.2) is 12.7 Å². The van der Waals surface area contributed by atoms with E-state index in [0.29, 0.717) is 0 Å². The first-order valence-electron chi connectivity index (χ1n) is 5.84. The summed E-state index contributed by atoms with van der Waals surface area (Å²) in [5, 5.41) is 8.67. The van der Waals surface area contributed by atoms with E-state index in [9.17, 15) is 13.2 Å². The van der Waals surface area contributed by atoms with Crippen LogP contribution in [0, 0.1) is 5.92 Å². The maximum Gasteiger partial charge on any atom is 0.307 e. The molecule has 0 radical (unpaired) electrons. The summed E-state index contributed by atoms with van der Waals surface area (Å²) < 4.78 is 30.7. The number of sulfonamides is 1. The van der Waals surface area contributed by atoms with Gasteiger partial charge in [0.25, 0.3) is 0 Å². The summed E-state index contributed by atoms with van der Waals surface area (Å²) >= 11 is 11.9. The third-order valence-corrected chi connectivity index (χ3v) is 5.71. The zero-order valence-corrected chi connectivity index (χ0v) is 14.0. The molecule has 0 aliphatic rings. The average Bonchev–Trinajstić information content (AvgIpc) is 2.41. The molecule has 0 aromatic heterocycles. The van der Waals surface area contributed by atoms with Gasteiger partial charge in [0.1, 0.15) is 15.7 Å². The van der Waals surface area contributed by atoms with Crippen molar-refractivity contribution < 1.29 is 23.1 Å². The first-order valence-corrected chi connectivity index (χ1v) is 8.03. The second-order valence-corrected chi connectivity index (χ2v) is 7.19. The van der Waals surface area contributed by atoms with Gasteiger partial charge < -0.3 is 9.84 Å². The molecule has 21 heavy (non-hydrogen) atoms. The lowest BCUT2D eigenvalue weighted by atomic mass is 10.2. The molecule has 118 valence electrons. The van der Waals surface area contributed by atoms with E-state index in [1.165, 1.54) is 33.2 Å². The van der Waals surface area contributed by atoms with Crippen molar-refractivity contribution in [3.05, 3.63) is 22.2 Å². The van der Waals surface area contributed by atoms with Gasteiger partial charge in [0.2, 0.25) is 10.0 Å². The van der Waals surface area contributed by atoms with Gasteiger partial charge in [0, 0.05) is 13.6 Å². The highest BCUT2D eigenvalue weighted by Gasteiger charge is 2.28. The summed E-state index contributed by atoms with van der Waals surface area (Å²) in [7, 11) is -1.29. The molecule has 1 atom stereocenters. The molecular weight excluding hydrogens is 341 g/mol. The highest BCUT2D eigenvalue weighted by Crippen LogP contribution is 2.37. The fraction of sp³-hybridized carbons (Fsp3) is 0.417. The van der Waals surface area contributed by atoms with Crippen molar-refractivity contribution in [3.8, 4) is 5.75 Å². The van der Waals surface area contributed by atoms with Gasteiger partial charge in [-0.3, -0.25) is 4.79 Å². The Morgan fingerprint density at radius 2 is 1.95 bits per heavy atom. The molecule has 0 aliphatic heterocycles. The number of rotatable bonds is 6. The topological polar surface area (TPSA) is 83.9 Å². The third kappa shape index (κ3) is 3.79. The number of carbonyl (C=O) groups is 1. The second kappa shape index (κ2) is 6.83. The van der Waals surface area contributed by atoms with Crippen molar-refractivity contribution in [1.29, 1.82) is 0 Å². The molecule has 1 unspecified atom stereocenters. The first-order chi connectivity index (χ1) is 9.62. The molecule has 1 rings (SSSR count). The molecule has 0 amide bonds. The van der Waals surface area contributed by atoms with Crippen LogP contribution in [0.5, 0.6) is 5.75 Å². The van der Waals surface area contributed by atoms with Crippen LogP contribution < -0.4 is 4.74 Å². The van der Waals surface area contributed by atoms with E-state index in [2.05, 4.69) is 0 Å². The predicted octanol–water partition coefficient (Wildman–Crippen LogP) is 2.34. The Labute approximate surface area is 133 Å². The molecule has 1 aromatic rings. The van der Waals surface area contributed by atoms with Gasteiger partial charge in [-0.05, 0) is 12.1 Å². The molecule has 0 bridgehead atoms. The zero-order valence-electron chi connectivity index (χ0n) is 11.6. The number of hydrogen-bond donors (Lipinski definition) is 1. The van der Waals surface area contributed by atoms with Crippen LogP contribution in [0.4, 0.5) is 0 Å². The Balaban J connectivity index is 3.20. The van der Waals surface area contributed by atoms with Crippen LogP contribution in [-0.4, -0.2) is 44.5 Å². The number of benzene rings is 1. The molecule has 0 saturated carbocycles. The highest BCUT2D eigenvalue weighted by atomic mass is 35.5. The molecule has 1 aromatic carbocycles. The van der Waals surface area contributed by atoms with Gasteiger partial charge in [-0.2, -0.15) is 0 Å². The SMILES string of the molecule is COc1ccc(S(=O)(=O)N(C)CC(C)C(=O)O)c(Cl)c1Cl. The average molecular weight is 356 g/mol. The number of halogens is 2. The number of carboxylic acids is 1. The molecule has 0 spiro atoms. The van der Waals surface area contributed by atoms with E-state index in [0.717, 1.165) is 4.31 Å². The summed E-state index contributed by atoms with van der Waals surface area (Å²) in [4.78, 5) is 10.6. The van der Waals surface area contributed by atoms with Crippen molar-refractivity contribution in [2.75, 3.05) is 20.7 Å². The number of aliphatic carboxylic acids is 1. The number of methoxy groups -OCH3 is 1. The minimum absolute atomic E-state index is 0.0140. The van der Waals surface area contributed by atoms with E-state index in [-0.39, 0.29) is 27.2 Å². The van der Waals surface area contributed by atoms with Gasteiger partial charge in [-0.15, -0.1) is 0 Å². The van der Waals surface area contributed by atoms with Crippen LogP contribution in [0.15, 0.2) is 17.0 Å². The van der Waals surface area contributed by atoms with Crippen molar-refractivity contribution in [3.63, 3.8) is 0 Å². The largest absolute Gasteiger partial charge is 0.495 e. The second-order valence-electron chi connectivity index (χ2n) is 4.42. The van der Waals surface area contributed by atoms with E-state index in [4.69, 9.17) is 33.0 Å². The molecule has 0 saturated heterocycles. The fourth-order valence-electron chi connectivity index (χ4n) is 1.60. The molecule has 9 heteroatoms. The Morgan fingerprint density at radius 1 is 1.38 bits per heavy atom. The van der Waals surface area contributed by atoms with Crippen molar-refractivity contribution >= 4 is 39.2 Å². The summed E-state index contributed by atoms with van der Waals surface area (Å²) in [6.45, 7) is 1.23. The smallest absolute Gasteiger partial charge is 0.307 e. The molecule has 0 fully saturated rings. The van der Waals surface area contributed by atoms with E-state index < -0.39 is 21.9 Å². The lowest BCUT2D eigenvalue weighted by Crippen LogP contribution is -2.33. The standard InChI is InChI=1S/C12H15Cl2NO5S/c1-7(12(16)17)6-15(2)21(18,19)9-5-4-8(20-3)10(13)11(9)14/h4-5,7H,6H2,1-3H3,(H,16,17). The van der Waals surface area contributed by atoms with Crippen LogP contribution in [-0.2, 0) is 14.8 Å². The highest BCUT2D eigenvalue weighted by molar-refractivity contribution is 7.89. The van der Waals surface area contributed by atoms with Crippen LogP contribution in [0.2, 0.25) is 10.0 Å². The van der Waals surface area contributed by atoms with Gasteiger partial charge in [0.05, 0.1) is 18.1 Å².